The molecule has 0 aliphatic carbocycles. The van der Waals surface area contributed by atoms with E-state index in [0.717, 1.165) is 5.56 Å². The Morgan fingerprint density at radius 3 is 1.69 bits per heavy atom. The molecule has 14 nitrogen and oxygen atoms in total. The molecule has 1 saturated heterocycles. The molecule has 1 fully saturated rings. The van der Waals surface area contributed by atoms with Crippen LogP contribution in [0, 0.1) is 0 Å². The largest absolute Gasteiger partial charge is 0.460 e. The van der Waals surface area contributed by atoms with Crippen molar-refractivity contribution in [2.24, 2.45) is 0 Å². The van der Waals surface area contributed by atoms with E-state index >= 15 is 0 Å². The van der Waals surface area contributed by atoms with E-state index in [1.54, 1.807) is 62.3 Å². The second-order valence-corrected chi connectivity index (χ2v) is 15.2. The molecule has 2 N–H and O–H groups in total. The van der Waals surface area contributed by atoms with Gasteiger partial charge in [-0.15, -0.1) is 0 Å². The number of carbonyl (C=O) groups is 4. The lowest BCUT2D eigenvalue weighted by Gasteiger charge is -2.42. The second kappa shape index (κ2) is 21.3. The van der Waals surface area contributed by atoms with Crippen LogP contribution in [0.5, 0.6) is 0 Å². The molecule has 2 rings (SSSR count). The smallest absolute Gasteiger partial charge is 0.407 e. The molecule has 1 heterocycles. The average molecular weight is 725 g/mol. The molecule has 0 aromatic heterocycles. The van der Waals surface area contributed by atoms with E-state index in [9.17, 15) is 19.2 Å². The fourth-order valence-electron chi connectivity index (χ4n) is 4.85. The molecular weight excluding hydrogens is 664 g/mol. The number of esters is 3. The molecular formula is C37H60N2O12. The Morgan fingerprint density at radius 1 is 0.686 bits per heavy atom. The number of alkyl carbamates (subject to hydrolysis) is 1. The van der Waals surface area contributed by atoms with Crippen molar-refractivity contribution in [3.05, 3.63) is 35.9 Å². The van der Waals surface area contributed by atoms with Crippen molar-refractivity contribution >= 4 is 24.0 Å². The van der Waals surface area contributed by atoms with Crippen molar-refractivity contribution in [3.63, 3.8) is 0 Å². The van der Waals surface area contributed by atoms with Gasteiger partial charge in [0.2, 0.25) is 0 Å². The Labute approximate surface area is 302 Å². The summed E-state index contributed by atoms with van der Waals surface area (Å²) in [6.07, 6.45) is -3.28. The third-order valence-electron chi connectivity index (χ3n) is 6.79. The Kier molecular flexibility index (Phi) is 18.3. The number of nitrogens with one attached hydrogen (secondary N) is 2. The predicted molar refractivity (Wildman–Crippen MR) is 188 cm³/mol. The quantitative estimate of drug-likeness (QED) is 0.118. The molecule has 1 aromatic rings. The minimum absolute atomic E-state index is 0.00477. The van der Waals surface area contributed by atoms with Crippen molar-refractivity contribution in [3.8, 4) is 0 Å². The van der Waals surface area contributed by atoms with E-state index in [1.165, 1.54) is 0 Å². The van der Waals surface area contributed by atoms with Gasteiger partial charge in [0, 0.05) is 19.6 Å². The highest BCUT2D eigenvalue weighted by molar-refractivity contribution is 5.70. The lowest BCUT2D eigenvalue weighted by molar-refractivity contribution is -0.231. The number of rotatable bonds is 19. The van der Waals surface area contributed by atoms with Gasteiger partial charge in [0.1, 0.15) is 41.7 Å². The van der Waals surface area contributed by atoms with Crippen molar-refractivity contribution < 1.29 is 57.1 Å². The number of benzene rings is 1. The zero-order valence-electron chi connectivity index (χ0n) is 31.9. The topological polar surface area (TPSA) is 166 Å². The maximum absolute atomic E-state index is 12.5. The Hall–Kier alpha value is -3.30. The molecule has 0 radical (unpaired) electrons. The predicted octanol–water partition coefficient (Wildman–Crippen LogP) is 4.25. The molecule has 0 unspecified atom stereocenters. The van der Waals surface area contributed by atoms with Gasteiger partial charge < -0.3 is 48.5 Å². The first-order chi connectivity index (χ1) is 23.8. The van der Waals surface area contributed by atoms with E-state index < -0.39 is 65.2 Å². The minimum Gasteiger partial charge on any atom is -0.460 e. The van der Waals surface area contributed by atoms with Crippen LogP contribution < -0.4 is 10.6 Å². The fraction of sp³-hybridized carbons (Fsp3) is 0.730. The van der Waals surface area contributed by atoms with Gasteiger partial charge in [-0.2, -0.15) is 0 Å². The zero-order valence-corrected chi connectivity index (χ0v) is 31.9. The summed E-state index contributed by atoms with van der Waals surface area (Å²) in [4.78, 5) is 49.5. The van der Waals surface area contributed by atoms with Gasteiger partial charge in [0.05, 0.1) is 51.8 Å². The molecule has 4 atom stereocenters. The van der Waals surface area contributed by atoms with Crippen LogP contribution in [0.4, 0.5) is 4.79 Å². The number of ether oxygens (including phenoxy) is 8. The van der Waals surface area contributed by atoms with Crippen LogP contribution in [0.2, 0.25) is 0 Å². The molecule has 14 heteroatoms. The molecule has 0 spiro atoms. The van der Waals surface area contributed by atoms with Gasteiger partial charge in [-0.25, -0.2) is 4.79 Å². The van der Waals surface area contributed by atoms with Crippen LogP contribution in [0.1, 0.15) is 87.1 Å². The Bertz CT molecular complexity index is 1210. The van der Waals surface area contributed by atoms with Crippen LogP contribution in [0.15, 0.2) is 30.3 Å². The number of amides is 1. The SMILES string of the molecule is CC(C)(C)OC(=O)CCO[C@H]1[C@H](OCCC(=O)OC(C)(C)C)[C@@H](CNCCNC(=O)OCc2ccccc2)OC[C@@H]1OCCC(=O)OC(C)(C)C. The Balaban J connectivity index is 2.08. The van der Waals surface area contributed by atoms with Crippen molar-refractivity contribution in [2.45, 2.75) is 129 Å². The monoisotopic (exact) mass is 724 g/mol. The van der Waals surface area contributed by atoms with E-state index in [-0.39, 0.29) is 58.8 Å². The molecule has 51 heavy (non-hydrogen) atoms. The summed E-state index contributed by atoms with van der Waals surface area (Å²) in [5.41, 5.74) is -1.06. The highest BCUT2D eigenvalue weighted by Crippen LogP contribution is 2.25. The van der Waals surface area contributed by atoms with Gasteiger partial charge >= 0.3 is 24.0 Å². The third kappa shape index (κ3) is 20.4. The van der Waals surface area contributed by atoms with Gasteiger partial charge in [0.15, 0.2) is 0 Å². The third-order valence-corrected chi connectivity index (χ3v) is 6.79. The first kappa shape index (κ1) is 43.9. The number of hydrogen-bond acceptors (Lipinski definition) is 13. The summed E-state index contributed by atoms with van der Waals surface area (Å²) in [5.74, 6) is -1.26. The molecule has 1 amide bonds. The van der Waals surface area contributed by atoms with Gasteiger partial charge in [-0.3, -0.25) is 14.4 Å². The first-order valence-corrected chi connectivity index (χ1v) is 17.6. The van der Waals surface area contributed by atoms with Gasteiger partial charge in [-0.05, 0) is 67.9 Å². The molecule has 290 valence electrons. The highest BCUT2D eigenvalue weighted by atomic mass is 16.6. The maximum Gasteiger partial charge on any atom is 0.407 e. The van der Waals surface area contributed by atoms with E-state index in [2.05, 4.69) is 10.6 Å². The summed E-state index contributed by atoms with van der Waals surface area (Å²) >= 11 is 0. The van der Waals surface area contributed by atoms with Crippen molar-refractivity contribution in [1.82, 2.24) is 10.6 Å². The first-order valence-electron chi connectivity index (χ1n) is 17.6. The number of hydrogen-bond donors (Lipinski definition) is 2. The lowest BCUT2D eigenvalue weighted by atomic mass is 9.98. The summed E-state index contributed by atoms with van der Waals surface area (Å²) in [6.45, 7) is 17.4. The van der Waals surface area contributed by atoms with Gasteiger partial charge in [-0.1, -0.05) is 30.3 Å². The lowest BCUT2D eigenvalue weighted by Crippen LogP contribution is -2.59. The van der Waals surface area contributed by atoms with Crippen molar-refractivity contribution in [1.29, 1.82) is 0 Å². The molecule has 1 aliphatic heterocycles. The van der Waals surface area contributed by atoms with Crippen LogP contribution in [0.25, 0.3) is 0 Å². The van der Waals surface area contributed by atoms with Crippen LogP contribution in [-0.4, -0.2) is 111 Å². The summed E-state index contributed by atoms with van der Waals surface area (Å²) < 4.78 is 46.3. The van der Waals surface area contributed by atoms with Crippen LogP contribution >= 0.6 is 0 Å². The average Bonchev–Trinajstić information content (AvgIpc) is 2.99. The van der Waals surface area contributed by atoms with E-state index in [4.69, 9.17) is 37.9 Å². The van der Waals surface area contributed by atoms with E-state index in [1.807, 2.05) is 30.3 Å². The molecule has 1 aromatic carbocycles. The zero-order chi connectivity index (χ0) is 38.1. The number of carbonyl (C=O) groups excluding carboxylic acids is 4. The maximum atomic E-state index is 12.5. The minimum atomic E-state index is -0.748. The summed E-state index contributed by atoms with van der Waals surface area (Å²) in [5, 5.41) is 5.97. The Morgan fingerprint density at radius 2 is 1.18 bits per heavy atom. The van der Waals surface area contributed by atoms with Crippen molar-refractivity contribution in [2.75, 3.05) is 46.1 Å². The second-order valence-electron chi connectivity index (χ2n) is 15.2. The molecule has 0 bridgehead atoms. The summed E-state index contributed by atoms with van der Waals surface area (Å²) in [7, 11) is 0. The fourth-order valence-corrected chi connectivity index (χ4v) is 4.85. The van der Waals surface area contributed by atoms with Crippen LogP contribution in [-0.2, 0) is 58.9 Å². The summed E-state index contributed by atoms with van der Waals surface area (Å²) in [6, 6.07) is 9.38. The van der Waals surface area contributed by atoms with E-state index in [0.29, 0.717) is 13.1 Å². The standard InChI is InChI=1S/C37H60N2O12/c1-35(2,3)49-29(40)15-20-44-28-25-47-27(23-38-18-19-39-34(43)48-24-26-13-11-10-12-14-26)32(45-21-16-30(41)50-36(4,5)6)33(28)46-22-17-31(42)51-37(7,8)9/h10-14,27-28,32-33,38H,15-25H2,1-9H3,(H,39,43)/t27-,28+,32-,33-/m1/s1. The highest BCUT2D eigenvalue weighted by Gasteiger charge is 2.43. The van der Waals surface area contributed by atoms with Gasteiger partial charge in [0.25, 0.3) is 0 Å². The molecule has 1 aliphatic rings. The van der Waals surface area contributed by atoms with Crippen LogP contribution in [0.3, 0.4) is 0 Å². The normalized spacial score (nSPS) is 19.5. The molecule has 0 saturated carbocycles.